The summed E-state index contributed by atoms with van der Waals surface area (Å²) in [5.74, 6) is -1.28. The molecule has 0 saturated heterocycles. The van der Waals surface area contributed by atoms with Crippen molar-refractivity contribution in [3.05, 3.63) is 83.2 Å². The summed E-state index contributed by atoms with van der Waals surface area (Å²) in [5.41, 5.74) is 7.58. The Bertz CT molecular complexity index is 950. The van der Waals surface area contributed by atoms with Crippen LogP contribution in [-0.4, -0.2) is 21.4 Å². The van der Waals surface area contributed by atoms with Crippen LogP contribution in [0.25, 0.3) is 5.69 Å². The summed E-state index contributed by atoms with van der Waals surface area (Å²) in [4.78, 5) is 28.3. The Morgan fingerprint density at radius 3 is 2.35 bits per heavy atom. The van der Waals surface area contributed by atoms with Crippen molar-refractivity contribution in [3.63, 3.8) is 0 Å². The van der Waals surface area contributed by atoms with Gasteiger partial charge in [-0.3, -0.25) is 25.4 Å². The highest BCUT2D eigenvalue weighted by molar-refractivity contribution is 5.99. The number of pyridine rings is 1. The van der Waals surface area contributed by atoms with Crippen LogP contribution < -0.4 is 10.9 Å². The van der Waals surface area contributed by atoms with Crippen molar-refractivity contribution in [2.45, 2.75) is 13.8 Å². The summed E-state index contributed by atoms with van der Waals surface area (Å²) in [6.07, 6.45) is 1.49. The summed E-state index contributed by atoms with van der Waals surface area (Å²) in [7, 11) is 0. The van der Waals surface area contributed by atoms with E-state index in [-0.39, 0.29) is 11.5 Å². The van der Waals surface area contributed by atoms with Crippen molar-refractivity contribution in [1.29, 1.82) is 0 Å². The molecule has 1 aromatic carbocycles. The number of hydrogen-bond acceptors (Lipinski definition) is 3. The second-order valence-electron chi connectivity index (χ2n) is 5.72. The molecule has 7 heteroatoms. The molecule has 0 saturated carbocycles. The molecule has 2 heterocycles. The summed E-state index contributed by atoms with van der Waals surface area (Å²) >= 11 is 0. The molecule has 0 radical (unpaired) electrons. The number of carbonyl (C=O) groups excluding carboxylic acids is 2. The largest absolute Gasteiger partial charge is 0.318 e. The van der Waals surface area contributed by atoms with Crippen molar-refractivity contribution >= 4 is 11.8 Å². The molecule has 2 N–H and O–H groups in total. The minimum absolute atomic E-state index is 0.199. The Balaban J connectivity index is 1.77. The van der Waals surface area contributed by atoms with Crippen molar-refractivity contribution in [2.24, 2.45) is 0 Å². The molecule has 0 spiro atoms. The summed E-state index contributed by atoms with van der Waals surface area (Å²) in [6, 6.07) is 12.6. The van der Waals surface area contributed by atoms with Crippen LogP contribution >= 0.6 is 0 Å². The molecule has 0 aliphatic carbocycles. The summed E-state index contributed by atoms with van der Waals surface area (Å²) in [6.45, 7) is 3.63. The van der Waals surface area contributed by atoms with E-state index in [9.17, 15) is 14.0 Å². The normalized spacial score (nSPS) is 10.4. The van der Waals surface area contributed by atoms with E-state index in [4.69, 9.17) is 0 Å². The van der Waals surface area contributed by atoms with Crippen LogP contribution in [0, 0.1) is 19.7 Å². The van der Waals surface area contributed by atoms with Crippen LogP contribution in [0.2, 0.25) is 0 Å². The quantitative estimate of drug-likeness (QED) is 0.712. The predicted octanol–water partition coefficient (Wildman–Crippen LogP) is 2.70. The van der Waals surface area contributed by atoms with Gasteiger partial charge in [-0.2, -0.15) is 0 Å². The van der Waals surface area contributed by atoms with E-state index in [0.717, 1.165) is 11.4 Å². The third-order valence-corrected chi connectivity index (χ3v) is 3.95. The molecular weight excluding hydrogens is 335 g/mol. The molecule has 0 bridgehead atoms. The first-order valence-electron chi connectivity index (χ1n) is 7.94. The number of amides is 2. The van der Waals surface area contributed by atoms with Crippen molar-refractivity contribution in [2.75, 3.05) is 0 Å². The lowest BCUT2D eigenvalue weighted by molar-refractivity contribution is 0.0843. The SMILES string of the molecule is Cc1cc(C(=O)NNC(=O)c2ccccn2)c(C)n1-c1ccc(F)cc1. The van der Waals surface area contributed by atoms with E-state index < -0.39 is 11.8 Å². The first-order chi connectivity index (χ1) is 12.5. The predicted molar refractivity (Wildman–Crippen MR) is 94.4 cm³/mol. The fourth-order valence-electron chi connectivity index (χ4n) is 2.72. The molecule has 0 unspecified atom stereocenters. The van der Waals surface area contributed by atoms with Gasteiger partial charge in [0.2, 0.25) is 0 Å². The minimum atomic E-state index is -0.508. The van der Waals surface area contributed by atoms with Crippen LogP contribution in [0.15, 0.2) is 54.7 Å². The number of nitrogens with one attached hydrogen (secondary N) is 2. The van der Waals surface area contributed by atoms with Crippen LogP contribution in [0.4, 0.5) is 4.39 Å². The van der Waals surface area contributed by atoms with Gasteiger partial charge >= 0.3 is 0 Å². The highest BCUT2D eigenvalue weighted by Crippen LogP contribution is 2.21. The monoisotopic (exact) mass is 352 g/mol. The number of carbonyl (C=O) groups is 2. The number of nitrogens with zero attached hydrogens (tertiary/aromatic N) is 2. The van der Waals surface area contributed by atoms with Crippen molar-refractivity contribution < 1.29 is 14.0 Å². The van der Waals surface area contributed by atoms with Gasteiger partial charge in [0.15, 0.2) is 0 Å². The zero-order chi connectivity index (χ0) is 18.7. The van der Waals surface area contributed by atoms with Gasteiger partial charge in [0.25, 0.3) is 11.8 Å². The lowest BCUT2D eigenvalue weighted by Gasteiger charge is -2.10. The number of halogens is 1. The second-order valence-corrected chi connectivity index (χ2v) is 5.72. The van der Waals surface area contributed by atoms with Crippen molar-refractivity contribution in [1.82, 2.24) is 20.4 Å². The van der Waals surface area contributed by atoms with E-state index in [1.807, 2.05) is 11.5 Å². The average molecular weight is 352 g/mol. The van der Waals surface area contributed by atoms with Gasteiger partial charge in [0.1, 0.15) is 11.5 Å². The Labute approximate surface area is 149 Å². The van der Waals surface area contributed by atoms with E-state index in [2.05, 4.69) is 15.8 Å². The van der Waals surface area contributed by atoms with Crippen LogP contribution in [-0.2, 0) is 0 Å². The van der Waals surface area contributed by atoms with Crippen LogP contribution in [0.1, 0.15) is 32.2 Å². The van der Waals surface area contributed by atoms with Gasteiger partial charge < -0.3 is 4.57 Å². The molecule has 2 amide bonds. The first kappa shape index (κ1) is 17.3. The zero-order valence-corrected chi connectivity index (χ0v) is 14.3. The van der Waals surface area contributed by atoms with Gasteiger partial charge in [-0.15, -0.1) is 0 Å². The lowest BCUT2D eigenvalue weighted by atomic mass is 10.2. The van der Waals surface area contributed by atoms with E-state index in [0.29, 0.717) is 11.3 Å². The van der Waals surface area contributed by atoms with E-state index in [1.54, 1.807) is 43.3 Å². The van der Waals surface area contributed by atoms with Crippen molar-refractivity contribution in [3.8, 4) is 5.69 Å². The Morgan fingerprint density at radius 1 is 1.00 bits per heavy atom. The topological polar surface area (TPSA) is 76.0 Å². The molecule has 26 heavy (non-hydrogen) atoms. The number of rotatable bonds is 3. The highest BCUT2D eigenvalue weighted by Gasteiger charge is 2.17. The maximum Gasteiger partial charge on any atom is 0.288 e. The second kappa shape index (κ2) is 7.18. The Kier molecular flexibility index (Phi) is 4.79. The molecule has 0 fully saturated rings. The molecule has 132 valence electrons. The zero-order valence-electron chi connectivity index (χ0n) is 14.3. The average Bonchev–Trinajstić information content (AvgIpc) is 2.95. The van der Waals surface area contributed by atoms with Gasteiger partial charge in [0.05, 0.1) is 5.56 Å². The van der Waals surface area contributed by atoms with Gasteiger partial charge in [0, 0.05) is 23.3 Å². The third kappa shape index (κ3) is 3.46. The molecule has 3 aromatic rings. The molecule has 0 aliphatic heterocycles. The molecule has 0 atom stereocenters. The Hall–Kier alpha value is -3.48. The number of aromatic nitrogens is 2. The highest BCUT2D eigenvalue weighted by atomic mass is 19.1. The van der Waals surface area contributed by atoms with Gasteiger partial charge in [-0.1, -0.05) is 6.07 Å². The fraction of sp³-hybridized carbons (Fsp3) is 0.105. The van der Waals surface area contributed by atoms with Gasteiger partial charge in [-0.05, 0) is 56.3 Å². The standard InChI is InChI=1S/C19H17FN4O2/c1-12-11-16(13(2)24(12)15-8-6-14(20)7-9-15)18(25)22-23-19(26)17-5-3-4-10-21-17/h3-11H,1-2H3,(H,22,25)(H,23,26). The number of hydrogen-bond donors (Lipinski definition) is 2. The van der Waals surface area contributed by atoms with Crippen LogP contribution in [0.3, 0.4) is 0 Å². The van der Waals surface area contributed by atoms with Crippen LogP contribution in [0.5, 0.6) is 0 Å². The lowest BCUT2D eigenvalue weighted by Crippen LogP contribution is -2.42. The molecule has 3 rings (SSSR count). The Morgan fingerprint density at radius 2 is 1.69 bits per heavy atom. The molecule has 6 nitrogen and oxygen atoms in total. The first-order valence-corrected chi connectivity index (χ1v) is 7.94. The smallest absolute Gasteiger partial charge is 0.288 e. The van der Waals surface area contributed by atoms with E-state index in [1.165, 1.54) is 18.3 Å². The van der Waals surface area contributed by atoms with E-state index >= 15 is 0 Å². The summed E-state index contributed by atoms with van der Waals surface area (Å²) in [5, 5.41) is 0. The molecule has 0 aliphatic rings. The minimum Gasteiger partial charge on any atom is -0.318 e. The number of aryl methyl sites for hydroxylation is 1. The molecule has 2 aromatic heterocycles. The fourth-order valence-corrected chi connectivity index (χ4v) is 2.72. The number of benzene rings is 1. The maximum absolute atomic E-state index is 13.1. The maximum atomic E-state index is 13.1. The summed E-state index contributed by atoms with van der Waals surface area (Å²) < 4.78 is 15.0. The number of hydrazine groups is 1. The van der Waals surface area contributed by atoms with Gasteiger partial charge in [-0.25, -0.2) is 4.39 Å². The molecular formula is C19H17FN4O2. The third-order valence-electron chi connectivity index (χ3n) is 3.95.